The van der Waals surface area contributed by atoms with E-state index in [0.717, 1.165) is 24.8 Å². The molecule has 1 aromatic rings. The summed E-state index contributed by atoms with van der Waals surface area (Å²) in [7, 11) is -2.13. The predicted molar refractivity (Wildman–Crippen MR) is 114 cm³/mol. The van der Waals surface area contributed by atoms with E-state index in [1.807, 2.05) is 36.1 Å². The smallest absolute Gasteiger partial charge is 0.285 e. The van der Waals surface area contributed by atoms with Crippen molar-refractivity contribution in [3.63, 3.8) is 0 Å². The largest absolute Gasteiger partial charge is 0.384 e. The molecule has 7 nitrogen and oxygen atoms in total. The lowest BCUT2D eigenvalue weighted by molar-refractivity contribution is -0.122. The lowest BCUT2D eigenvalue weighted by Crippen LogP contribution is -2.46. The summed E-state index contributed by atoms with van der Waals surface area (Å²) in [4.78, 5) is 14.2. The molecule has 0 unspecified atom stereocenters. The molecule has 0 spiro atoms. The topological polar surface area (TPSA) is 88.1 Å². The lowest BCUT2D eigenvalue weighted by Gasteiger charge is -2.33. The van der Waals surface area contributed by atoms with Crippen LogP contribution in [-0.4, -0.2) is 57.9 Å². The Kier molecular flexibility index (Phi) is 6.74. The molecule has 29 heavy (non-hydrogen) atoms. The number of hydrogen-bond donors (Lipinski definition) is 1. The van der Waals surface area contributed by atoms with Gasteiger partial charge in [0.2, 0.25) is 5.91 Å². The van der Waals surface area contributed by atoms with Crippen molar-refractivity contribution in [2.75, 3.05) is 26.8 Å². The fourth-order valence-electron chi connectivity index (χ4n) is 3.81. The maximum Gasteiger partial charge on any atom is 0.285 e. The first-order valence-corrected chi connectivity index (χ1v) is 11.5. The van der Waals surface area contributed by atoms with Crippen molar-refractivity contribution in [1.29, 1.82) is 0 Å². The number of nitrogens with zero attached hydrogens (tertiary/aromatic N) is 2. The van der Waals surface area contributed by atoms with Crippen LogP contribution in [0.5, 0.6) is 0 Å². The third-order valence-electron chi connectivity index (χ3n) is 5.46. The molecule has 158 valence electrons. The number of carbonyl (C=O) groups excluding carboxylic acids is 1. The van der Waals surface area contributed by atoms with Crippen LogP contribution in [-0.2, 0) is 26.0 Å². The van der Waals surface area contributed by atoms with Crippen molar-refractivity contribution in [2.24, 2.45) is 4.40 Å². The minimum Gasteiger partial charge on any atom is -0.384 e. The van der Waals surface area contributed by atoms with Gasteiger partial charge in [0, 0.05) is 38.2 Å². The van der Waals surface area contributed by atoms with E-state index in [2.05, 4.69) is 16.6 Å². The molecule has 2 aliphatic heterocycles. The van der Waals surface area contributed by atoms with Gasteiger partial charge in [0.25, 0.3) is 10.0 Å². The Bertz CT molecular complexity index is 912. The van der Waals surface area contributed by atoms with Gasteiger partial charge in [-0.1, -0.05) is 31.2 Å². The van der Waals surface area contributed by atoms with Gasteiger partial charge in [0.05, 0.1) is 6.61 Å². The van der Waals surface area contributed by atoms with Crippen molar-refractivity contribution >= 4 is 26.7 Å². The number of amides is 1. The first-order valence-electron chi connectivity index (χ1n) is 10.0. The second-order valence-electron chi connectivity index (χ2n) is 7.47. The molecule has 0 aliphatic carbocycles. The quantitative estimate of drug-likeness (QED) is 0.765. The number of nitrogens with one attached hydrogen (secondary N) is 1. The van der Waals surface area contributed by atoms with Gasteiger partial charge in [-0.3, -0.25) is 4.79 Å². The predicted octanol–water partition coefficient (Wildman–Crippen LogP) is 2.34. The molecule has 2 heterocycles. The highest BCUT2D eigenvalue weighted by Gasteiger charge is 2.34. The number of carbonyl (C=O) groups is 1. The van der Waals surface area contributed by atoms with Crippen molar-refractivity contribution in [3.05, 3.63) is 41.0 Å². The Morgan fingerprint density at radius 1 is 1.24 bits per heavy atom. The molecular weight excluding hydrogens is 390 g/mol. The third kappa shape index (κ3) is 4.87. The Labute approximate surface area is 172 Å². The monoisotopic (exact) mass is 419 g/mol. The number of benzene rings is 1. The maximum atomic E-state index is 12.7. The molecule has 1 N–H and O–H groups in total. The summed E-state index contributed by atoms with van der Waals surface area (Å²) in [5.41, 5.74) is 2.54. The van der Waals surface area contributed by atoms with E-state index < -0.39 is 10.0 Å². The van der Waals surface area contributed by atoms with Crippen LogP contribution >= 0.6 is 0 Å². The summed E-state index contributed by atoms with van der Waals surface area (Å²) in [5.74, 6) is 0.517. The van der Waals surface area contributed by atoms with E-state index in [1.165, 1.54) is 0 Å². The van der Waals surface area contributed by atoms with Crippen molar-refractivity contribution in [1.82, 2.24) is 10.2 Å². The van der Waals surface area contributed by atoms with E-state index in [1.54, 1.807) is 7.11 Å². The number of rotatable bonds is 6. The molecule has 1 amide bonds. The molecule has 0 bridgehead atoms. The molecular formula is C21H29N3O4S. The van der Waals surface area contributed by atoms with Crippen LogP contribution in [0.15, 0.2) is 34.2 Å². The summed E-state index contributed by atoms with van der Waals surface area (Å²) in [6.07, 6.45) is 2.77. The summed E-state index contributed by atoms with van der Waals surface area (Å²) >= 11 is 0. The molecule has 1 saturated heterocycles. The first kappa shape index (κ1) is 21.5. The summed E-state index contributed by atoms with van der Waals surface area (Å²) < 4.78 is 34.5. The van der Waals surface area contributed by atoms with Crippen LogP contribution in [0.1, 0.15) is 44.2 Å². The minimum absolute atomic E-state index is 0.0139. The number of amidine groups is 1. The number of aryl methyl sites for hydroxylation is 1. The van der Waals surface area contributed by atoms with E-state index >= 15 is 0 Å². The molecule has 0 saturated carbocycles. The van der Waals surface area contributed by atoms with Gasteiger partial charge >= 0.3 is 0 Å². The first-order chi connectivity index (χ1) is 13.9. The van der Waals surface area contributed by atoms with Gasteiger partial charge < -0.3 is 15.0 Å². The number of piperidine rings is 1. The van der Waals surface area contributed by atoms with Crippen LogP contribution in [0.2, 0.25) is 0 Å². The zero-order valence-electron chi connectivity index (χ0n) is 17.3. The molecule has 8 heteroatoms. The average Bonchev–Trinajstić information content (AvgIpc) is 2.96. The molecule has 0 atom stereocenters. The second-order valence-corrected chi connectivity index (χ2v) is 9.01. The van der Waals surface area contributed by atoms with Crippen LogP contribution in [0, 0.1) is 0 Å². The fourth-order valence-corrected chi connectivity index (χ4v) is 5.29. The molecule has 1 aromatic carbocycles. The molecule has 0 radical (unpaired) electrons. The van der Waals surface area contributed by atoms with Crippen LogP contribution in [0.4, 0.5) is 0 Å². The second kappa shape index (κ2) is 9.09. The van der Waals surface area contributed by atoms with Crippen molar-refractivity contribution in [2.45, 2.75) is 45.6 Å². The molecule has 3 rings (SSSR count). The van der Waals surface area contributed by atoms with Gasteiger partial charge in [0.1, 0.15) is 10.7 Å². The summed E-state index contributed by atoms with van der Waals surface area (Å²) in [6, 6.07) is 7.73. The van der Waals surface area contributed by atoms with Crippen LogP contribution in [0.3, 0.4) is 0 Å². The van der Waals surface area contributed by atoms with E-state index in [0.29, 0.717) is 48.0 Å². The normalized spacial score (nSPS) is 19.4. The third-order valence-corrected chi connectivity index (χ3v) is 6.93. The highest BCUT2D eigenvalue weighted by molar-refractivity contribution is 8.00. The summed E-state index contributed by atoms with van der Waals surface area (Å²) in [5, 5.41) is 3.02. The van der Waals surface area contributed by atoms with Crippen molar-refractivity contribution < 1.29 is 17.9 Å². The van der Waals surface area contributed by atoms with Gasteiger partial charge in [-0.25, -0.2) is 0 Å². The fraction of sp³-hybridized carbons (Fsp3) is 0.524. The Morgan fingerprint density at radius 3 is 2.48 bits per heavy atom. The molecule has 0 aromatic heterocycles. The Hall–Kier alpha value is -2.19. The maximum absolute atomic E-state index is 12.7. The standard InChI is InChI=1S/C21H29N3O4S/c1-4-16-5-7-17(8-6-16)20-15(2)21(23-29(20,26)27)24-12-9-18(10-13-24)22-19(25)11-14-28-3/h5-8,18H,4,9-14H2,1-3H3,(H,22,25). The van der Waals surface area contributed by atoms with Crippen LogP contribution in [0.25, 0.3) is 4.91 Å². The SMILES string of the molecule is CCc1ccc(C2=C(C)C(N3CCC(NC(=O)CCOC)CC3)=NS2(=O)=O)cc1. The van der Waals surface area contributed by atoms with Gasteiger partial charge in [-0.15, -0.1) is 4.40 Å². The summed E-state index contributed by atoms with van der Waals surface area (Å²) in [6.45, 7) is 5.61. The van der Waals surface area contributed by atoms with E-state index in [9.17, 15) is 13.2 Å². The Balaban J connectivity index is 1.70. The highest BCUT2D eigenvalue weighted by Crippen LogP contribution is 2.34. The van der Waals surface area contributed by atoms with E-state index in [-0.39, 0.29) is 11.9 Å². The average molecular weight is 420 g/mol. The molecule has 1 fully saturated rings. The number of sulfonamides is 1. The number of likely N-dealkylation sites (tertiary alicyclic amines) is 1. The van der Waals surface area contributed by atoms with Crippen molar-refractivity contribution in [3.8, 4) is 0 Å². The zero-order chi connectivity index (χ0) is 21.0. The number of methoxy groups -OCH3 is 1. The highest BCUT2D eigenvalue weighted by atomic mass is 32.2. The molecule has 2 aliphatic rings. The van der Waals surface area contributed by atoms with Gasteiger partial charge in [-0.2, -0.15) is 8.42 Å². The lowest BCUT2D eigenvalue weighted by atomic mass is 10.0. The number of hydrogen-bond acceptors (Lipinski definition) is 5. The van der Waals surface area contributed by atoms with Crippen LogP contribution < -0.4 is 5.32 Å². The number of ether oxygens (including phenoxy) is 1. The van der Waals surface area contributed by atoms with Gasteiger partial charge in [-0.05, 0) is 37.3 Å². The zero-order valence-corrected chi connectivity index (χ0v) is 18.1. The van der Waals surface area contributed by atoms with E-state index in [4.69, 9.17) is 4.74 Å². The Morgan fingerprint density at radius 2 is 1.90 bits per heavy atom. The minimum atomic E-state index is -3.71. The van der Waals surface area contributed by atoms with Gasteiger partial charge in [0.15, 0.2) is 0 Å².